The van der Waals surface area contributed by atoms with Gasteiger partial charge in [0.25, 0.3) is 0 Å². The van der Waals surface area contributed by atoms with Crippen molar-refractivity contribution in [2.24, 2.45) is 5.92 Å². The van der Waals surface area contributed by atoms with Crippen molar-refractivity contribution < 1.29 is 0 Å². The van der Waals surface area contributed by atoms with Crippen molar-refractivity contribution >= 4 is 5.95 Å². The molecule has 1 aromatic carbocycles. The Hall–Kier alpha value is -2.73. The highest BCUT2D eigenvalue weighted by atomic mass is 15.3. The Balaban J connectivity index is 1.47. The molecule has 128 valence electrons. The van der Waals surface area contributed by atoms with E-state index in [0.717, 1.165) is 32.7 Å². The van der Waals surface area contributed by atoms with E-state index in [-0.39, 0.29) is 0 Å². The lowest BCUT2D eigenvalue weighted by Gasteiger charge is -2.24. The highest BCUT2D eigenvalue weighted by Crippen LogP contribution is 2.18. The van der Waals surface area contributed by atoms with Crippen molar-refractivity contribution in [3.63, 3.8) is 0 Å². The van der Waals surface area contributed by atoms with E-state index in [9.17, 15) is 0 Å². The van der Waals surface area contributed by atoms with E-state index in [1.807, 2.05) is 12.3 Å². The standard InChI is InChI=1S/C19H22N6/c1-2-5-16(6-3-1)12-24-13-17(11-22-19-20-8-4-9-21-19)14-25-18(15-24)7-10-23-25/h1-10,17H,11-15H2,(H,20,21,22)/t17-/m1/s1. The smallest absolute Gasteiger partial charge is 0.222 e. The van der Waals surface area contributed by atoms with Crippen molar-refractivity contribution in [1.82, 2.24) is 24.6 Å². The second-order valence-electron chi connectivity index (χ2n) is 6.48. The SMILES string of the molecule is c1ccc(CN2Cc3ccnn3C[C@H](CNc3ncccn3)C2)cc1. The predicted molar refractivity (Wildman–Crippen MR) is 96.8 cm³/mol. The van der Waals surface area contributed by atoms with Gasteiger partial charge in [-0.1, -0.05) is 30.3 Å². The number of benzene rings is 1. The van der Waals surface area contributed by atoms with E-state index in [1.165, 1.54) is 11.3 Å². The maximum atomic E-state index is 4.49. The average Bonchev–Trinajstić information content (AvgIpc) is 3.01. The zero-order valence-electron chi connectivity index (χ0n) is 14.1. The topological polar surface area (TPSA) is 58.9 Å². The molecular formula is C19H22N6. The third kappa shape index (κ3) is 4.03. The van der Waals surface area contributed by atoms with Gasteiger partial charge in [-0.2, -0.15) is 5.10 Å². The quantitative estimate of drug-likeness (QED) is 0.776. The van der Waals surface area contributed by atoms with Gasteiger partial charge in [-0.05, 0) is 17.7 Å². The van der Waals surface area contributed by atoms with E-state index in [1.54, 1.807) is 12.4 Å². The second kappa shape index (κ2) is 7.44. The van der Waals surface area contributed by atoms with Gasteiger partial charge in [-0.25, -0.2) is 9.97 Å². The van der Waals surface area contributed by atoms with Crippen LogP contribution in [0.25, 0.3) is 0 Å². The number of hydrogen-bond donors (Lipinski definition) is 1. The highest BCUT2D eigenvalue weighted by molar-refractivity contribution is 5.22. The van der Waals surface area contributed by atoms with Crippen LogP contribution in [0.4, 0.5) is 5.95 Å². The van der Waals surface area contributed by atoms with Crippen molar-refractivity contribution in [2.75, 3.05) is 18.4 Å². The van der Waals surface area contributed by atoms with Crippen LogP contribution in [0, 0.1) is 5.92 Å². The molecule has 0 aliphatic carbocycles. The number of anilines is 1. The van der Waals surface area contributed by atoms with E-state index < -0.39 is 0 Å². The lowest BCUT2D eigenvalue weighted by molar-refractivity contribution is 0.225. The number of nitrogens with one attached hydrogen (secondary N) is 1. The maximum Gasteiger partial charge on any atom is 0.222 e. The zero-order valence-corrected chi connectivity index (χ0v) is 14.1. The van der Waals surface area contributed by atoms with E-state index in [2.05, 4.69) is 66.4 Å². The molecule has 1 aliphatic rings. The minimum Gasteiger partial charge on any atom is -0.354 e. The number of rotatable bonds is 5. The van der Waals surface area contributed by atoms with Crippen LogP contribution in [0.3, 0.4) is 0 Å². The van der Waals surface area contributed by atoms with Gasteiger partial charge in [0.2, 0.25) is 5.95 Å². The number of aromatic nitrogens is 4. The summed E-state index contributed by atoms with van der Waals surface area (Å²) in [5, 5.41) is 7.85. The molecule has 0 fully saturated rings. The van der Waals surface area contributed by atoms with Gasteiger partial charge in [-0.15, -0.1) is 0 Å². The first-order valence-electron chi connectivity index (χ1n) is 8.65. The Morgan fingerprint density at radius 2 is 1.80 bits per heavy atom. The molecule has 0 saturated heterocycles. The van der Waals surface area contributed by atoms with E-state index >= 15 is 0 Å². The number of hydrogen-bond acceptors (Lipinski definition) is 5. The molecule has 1 atom stereocenters. The third-order valence-electron chi connectivity index (χ3n) is 4.50. The summed E-state index contributed by atoms with van der Waals surface area (Å²) < 4.78 is 2.13. The Kier molecular flexibility index (Phi) is 4.70. The summed E-state index contributed by atoms with van der Waals surface area (Å²) in [6, 6.07) is 14.6. The van der Waals surface area contributed by atoms with Gasteiger partial charge in [0.05, 0.1) is 5.69 Å². The molecule has 1 aliphatic heterocycles. The van der Waals surface area contributed by atoms with Crippen LogP contribution >= 0.6 is 0 Å². The fraction of sp³-hybridized carbons (Fsp3) is 0.316. The molecule has 0 saturated carbocycles. The molecule has 3 aromatic rings. The van der Waals surface area contributed by atoms with Gasteiger partial charge < -0.3 is 5.32 Å². The van der Waals surface area contributed by atoms with Gasteiger partial charge in [0, 0.05) is 57.2 Å². The molecule has 6 heteroatoms. The summed E-state index contributed by atoms with van der Waals surface area (Å²) in [5.41, 5.74) is 2.61. The fourth-order valence-corrected chi connectivity index (χ4v) is 3.34. The van der Waals surface area contributed by atoms with Crippen molar-refractivity contribution in [1.29, 1.82) is 0 Å². The Bertz CT molecular complexity index is 786. The van der Waals surface area contributed by atoms with Gasteiger partial charge in [-0.3, -0.25) is 9.58 Å². The Morgan fingerprint density at radius 1 is 0.960 bits per heavy atom. The lowest BCUT2D eigenvalue weighted by atomic mass is 10.1. The zero-order chi connectivity index (χ0) is 16.9. The van der Waals surface area contributed by atoms with Crippen molar-refractivity contribution in [3.05, 3.63) is 72.3 Å². The first-order chi connectivity index (χ1) is 12.4. The molecular weight excluding hydrogens is 312 g/mol. The molecule has 0 spiro atoms. The van der Waals surface area contributed by atoms with Crippen LogP contribution in [0.2, 0.25) is 0 Å². The minimum atomic E-state index is 0.439. The van der Waals surface area contributed by atoms with Crippen LogP contribution in [0.15, 0.2) is 61.1 Å². The molecule has 25 heavy (non-hydrogen) atoms. The molecule has 6 nitrogen and oxygen atoms in total. The summed E-state index contributed by atoms with van der Waals surface area (Å²) >= 11 is 0. The molecule has 0 radical (unpaired) electrons. The third-order valence-corrected chi connectivity index (χ3v) is 4.50. The molecule has 0 bridgehead atoms. The van der Waals surface area contributed by atoms with Crippen molar-refractivity contribution in [3.8, 4) is 0 Å². The normalized spacial score (nSPS) is 17.7. The highest BCUT2D eigenvalue weighted by Gasteiger charge is 2.22. The summed E-state index contributed by atoms with van der Waals surface area (Å²) in [7, 11) is 0. The summed E-state index contributed by atoms with van der Waals surface area (Å²) in [6.07, 6.45) is 5.41. The molecule has 2 aromatic heterocycles. The Labute approximate surface area is 147 Å². The summed E-state index contributed by atoms with van der Waals surface area (Å²) in [4.78, 5) is 11.0. The van der Waals surface area contributed by atoms with Gasteiger partial charge >= 0.3 is 0 Å². The van der Waals surface area contributed by atoms with Crippen LogP contribution in [-0.4, -0.2) is 37.7 Å². The van der Waals surface area contributed by atoms with E-state index in [4.69, 9.17) is 0 Å². The van der Waals surface area contributed by atoms with E-state index in [0.29, 0.717) is 11.9 Å². The molecule has 0 amide bonds. The lowest BCUT2D eigenvalue weighted by Crippen LogP contribution is -2.31. The monoisotopic (exact) mass is 334 g/mol. The van der Waals surface area contributed by atoms with Crippen LogP contribution in [-0.2, 0) is 19.6 Å². The Morgan fingerprint density at radius 3 is 2.64 bits per heavy atom. The maximum absolute atomic E-state index is 4.49. The predicted octanol–water partition coefficient (Wildman–Crippen LogP) is 2.42. The first kappa shape index (κ1) is 15.8. The molecule has 0 unspecified atom stereocenters. The molecule has 1 N–H and O–H groups in total. The summed E-state index contributed by atoms with van der Waals surface area (Å²) in [6.45, 7) is 4.62. The minimum absolute atomic E-state index is 0.439. The van der Waals surface area contributed by atoms with Crippen LogP contribution in [0.1, 0.15) is 11.3 Å². The summed E-state index contributed by atoms with van der Waals surface area (Å²) in [5.74, 6) is 1.12. The van der Waals surface area contributed by atoms with Crippen molar-refractivity contribution in [2.45, 2.75) is 19.6 Å². The van der Waals surface area contributed by atoms with Crippen LogP contribution in [0.5, 0.6) is 0 Å². The fourth-order valence-electron chi connectivity index (χ4n) is 3.34. The number of fused-ring (bicyclic) bond motifs is 1. The average molecular weight is 334 g/mol. The largest absolute Gasteiger partial charge is 0.354 e. The molecule has 3 heterocycles. The van der Waals surface area contributed by atoms with Gasteiger partial charge in [0.1, 0.15) is 0 Å². The van der Waals surface area contributed by atoms with Gasteiger partial charge in [0.15, 0.2) is 0 Å². The number of nitrogens with zero attached hydrogens (tertiary/aromatic N) is 5. The second-order valence-corrected chi connectivity index (χ2v) is 6.48. The van der Waals surface area contributed by atoms with Crippen LogP contribution < -0.4 is 5.32 Å². The molecule has 4 rings (SSSR count). The first-order valence-corrected chi connectivity index (χ1v) is 8.65.